The quantitative estimate of drug-likeness (QED) is 0.684. The maximum absolute atomic E-state index is 12.4. The smallest absolute Gasteiger partial charge is 0.280 e. The highest BCUT2D eigenvalue weighted by molar-refractivity contribution is 5.93. The molecule has 0 aliphatic heterocycles. The fraction of sp³-hybridized carbons (Fsp3) is 0.312. The third-order valence-corrected chi connectivity index (χ3v) is 3.62. The van der Waals surface area contributed by atoms with Gasteiger partial charge in [-0.3, -0.25) is 14.7 Å². The van der Waals surface area contributed by atoms with Crippen LogP contribution in [0.15, 0.2) is 35.1 Å². The van der Waals surface area contributed by atoms with Crippen molar-refractivity contribution < 1.29 is 4.79 Å². The zero-order valence-electron chi connectivity index (χ0n) is 13.2. The Bertz CT molecular complexity index is 910. The van der Waals surface area contributed by atoms with Crippen LogP contribution < -0.4 is 10.9 Å². The molecular formula is C16H19N5O2. The second kappa shape index (κ2) is 6.21. The summed E-state index contributed by atoms with van der Waals surface area (Å²) in [7, 11) is 3.98. The van der Waals surface area contributed by atoms with Gasteiger partial charge in [-0.1, -0.05) is 12.1 Å². The molecule has 2 heterocycles. The van der Waals surface area contributed by atoms with Crippen LogP contribution in [0.25, 0.3) is 16.6 Å². The van der Waals surface area contributed by atoms with Crippen molar-refractivity contribution in [3.05, 3.63) is 46.4 Å². The van der Waals surface area contributed by atoms with E-state index in [2.05, 4.69) is 20.3 Å². The largest absolute Gasteiger partial charge is 0.351 e. The summed E-state index contributed by atoms with van der Waals surface area (Å²) in [5.74, 6) is -0.238. The molecule has 0 saturated carbocycles. The molecule has 7 heteroatoms. The number of hydrogen-bond donors (Lipinski definition) is 2. The summed E-state index contributed by atoms with van der Waals surface area (Å²) in [6.45, 7) is 1.48. The molecule has 0 fully saturated rings. The van der Waals surface area contributed by atoms with E-state index in [0.717, 1.165) is 13.0 Å². The number of fused-ring (bicyclic) bond motifs is 2. The average Bonchev–Trinajstić information content (AvgIpc) is 2.96. The van der Waals surface area contributed by atoms with Crippen LogP contribution in [-0.4, -0.2) is 52.6 Å². The first-order valence-electron chi connectivity index (χ1n) is 7.50. The highest BCUT2D eigenvalue weighted by Gasteiger charge is 2.12. The third kappa shape index (κ3) is 3.09. The van der Waals surface area contributed by atoms with Gasteiger partial charge in [-0.05, 0) is 39.2 Å². The normalized spacial score (nSPS) is 11.4. The number of aromatic amines is 1. The van der Waals surface area contributed by atoms with Gasteiger partial charge in [0.1, 0.15) is 5.69 Å². The van der Waals surface area contributed by atoms with Gasteiger partial charge in [0.15, 0.2) is 5.65 Å². The van der Waals surface area contributed by atoms with Gasteiger partial charge in [0.2, 0.25) is 0 Å². The Balaban J connectivity index is 1.85. The number of nitrogens with one attached hydrogen (secondary N) is 2. The highest BCUT2D eigenvalue weighted by atomic mass is 16.2. The molecule has 1 amide bonds. The van der Waals surface area contributed by atoms with Crippen molar-refractivity contribution in [1.82, 2.24) is 24.8 Å². The van der Waals surface area contributed by atoms with Gasteiger partial charge >= 0.3 is 0 Å². The first-order valence-corrected chi connectivity index (χ1v) is 7.50. The number of aromatic nitrogens is 3. The Labute approximate surface area is 132 Å². The SMILES string of the molecule is CN(C)CCCNC(=O)c1cc2nc3ccccc3c(=O)n2[nH]1. The summed E-state index contributed by atoms with van der Waals surface area (Å²) in [6.07, 6.45) is 0.862. The molecule has 0 aliphatic rings. The van der Waals surface area contributed by atoms with Gasteiger partial charge in [-0.25, -0.2) is 9.50 Å². The van der Waals surface area contributed by atoms with Crippen LogP contribution in [0.4, 0.5) is 0 Å². The molecule has 0 bridgehead atoms. The summed E-state index contributed by atoms with van der Waals surface area (Å²) >= 11 is 0. The molecule has 0 saturated heterocycles. The molecule has 0 spiro atoms. The first-order chi connectivity index (χ1) is 11.1. The highest BCUT2D eigenvalue weighted by Crippen LogP contribution is 2.09. The second-order valence-corrected chi connectivity index (χ2v) is 5.71. The molecule has 7 nitrogen and oxygen atoms in total. The van der Waals surface area contributed by atoms with E-state index in [0.29, 0.717) is 28.8 Å². The first kappa shape index (κ1) is 15.2. The van der Waals surface area contributed by atoms with Gasteiger partial charge in [-0.15, -0.1) is 0 Å². The van der Waals surface area contributed by atoms with E-state index in [9.17, 15) is 9.59 Å². The fourth-order valence-corrected chi connectivity index (χ4v) is 2.45. The summed E-state index contributed by atoms with van der Waals surface area (Å²) in [6, 6.07) is 8.72. The van der Waals surface area contributed by atoms with Gasteiger partial charge < -0.3 is 10.2 Å². The van der Waals surface area contributed by atoms with E-state index in [1.54, 1.807) is 24.3 Å². The van der Waals surface area contributed by atoms with Gasteiger partial charge in [0, 0.05) is 12.6 Å². The van der Waals surface area contributed by atoms with E-state index < -0.39 is 0 Å². The fourth-order valence-electron chi connectivity index (χ4n) is 2.45. The summed E-state index contributed by atoms with van der Waals surface area (Å²) in [5, 5.41) is 6.18. The molecule has 120 valence electrons. The lowest BCUT2D eigenvalue weighted by Gasteiger charge is -2.09. The van der Waals surface area contributed by atoms with Gasteiger partial charge in [0.05, 0.1) is 10.9 Å². The van der Waals surface area contributed by atoms with Gasteiger partial charge in [-0.2, -0.15) is 0 Å². The van der Waals surface area contributed by atoms with E-state index in [1.807, 2.05) is 20.2 Å². The van der Waals surface area contributed by atoms with Crippen LogP contribution in [0, 0.1) is 0 Å². The van der Waals surface area contributed by atoms with Crippen molar-refractivity contribution in [3.8, 4) is 0 Å². The summed E-state index contributed by atoms with van der Waals surface area (Å²) < 4.78 is 1.30. The second-order valence-electron chi connectivity index (χ2n) is 5.71. The minimum atomic E-state index is -0.238. The number of rotatable bonds is 5. The standard InChI is InChI=1S/C16H19N5O2/c1-20(2)9-5-8-17-15(22)13-10-14-18-12-7-4-3-6-11(12)16(23)21(14)19-13/h3-4,6-7,10,19H,5,8-9H2,1-2H3,(H,17,22). The zero-order chi connectivity index (χ0) is 16.4. The lowest BCUT2D eigenvalue weighted by Crippen LogP contribution is -2.27. The van der Waals surface area contributed by atoms with E-state index in [-0.39, 0.29) is 11.5 Å². The minimum absolute atomic E-state index is 0.211. The Morgan fingerprint density at radius 2 is 2.13 bits per heavy atom. The van der Waals surface area contributed by atoms with Crippen LogP contribution >= 0.6 is 0 Å². The lowest BCUT2D eigenvalue weighted by molar-refractivity contribution is 0.0947. The van der Waals surface area contributed by atoms with Crippen LogP contribution in [0.2, 0.25) is 0 Å². The molecule has 2 aromatic heterocycles. The van der Waals surface area contributed by atoms with Crippen LogP contribution in [-0.2, 0) is 0 Å². The van der Waals surface area contributed by atoms with Crippen molar-refractivity contribution in [2.45, 2.75) is 6.42 Å². The monoisotopic (exact) mass is 313 g/mol. The van der Waals surface area contributed by atoms with Crippen molar-refractivity contribution >= 4 is 22.5 Å². The Hall–Kier alpha value is -2.67. The summed E-state index contributed by atoms with van der Waals surface area (Å²) in [5.41, 5.74) is 1.17. The Morgan fingerprint density at radius 3 is 2.91 bits per heavy atom. The number of benzene rings is 1. The molecule has 0 unspecified atom stereocenters. The number of hydrogen-bond acceptors (Lipinski definition) is 4. The number of amides is 1. The number of para-hydroxylation sites is 1. The maximum Gasteiger partial charge on any atom is 0.280 e. The minimum Gasteiger partial charge on any atom is -0.351 e. The van der Waals surface area contributed by atoms with E-state index in [1.165, 1.54) is 4.52 Å². The van der Waals surface area contributed by atoms with Crippen molar-refractivity contribution in [2.24, 2.45) is 0 Å². The number of H-pyrrole nitrogens is 1. The van der Waals surface area contributed by atoms with Crippen molar-refractivity contribution in [1.29, 1.82) is 0 Å². The summed E-state index contributed by atoms with van der Waals surface area (Å²) in [4.78, 5) is 31.0. The van der Waals surface area contributed by atoms with E-state index in [4.69, 9.17) is 0 Å². The molecule has 2 N–H and O–H groups in total. The molecule has 3 rings (SSSR count). The van der Waals surface area contributed by atoms with Crippen LogP contribution in [0.3, 0.4) is 0 Å². The van der Waals surface area contributed by atoms with Crippen LogP contribution in [0.5, 0.6) is 0 Å². The maximum atomic E-state index is 12.4. The topological polar surface area (TPSA) is 82.5 Å². The Morgan fingerprint density at radius 1 is 1.35 bits per heavy atom. The van der Waals surface area contributed by atoms with E-state index >= 15 is 0 Å². The third-order valence-electron chi connectivity index (χ3n) is 3.62. The molecular weight excluding hydrogens is 294 g/mol. The number of carbonyl (C=O) groups is 1. The Kier molecular flexibility index (Phi) is 4.12. The van der Waals surface area contributed by atoms with Gasteiger partial charge in [0.25, 0.3) is 11.5 Å². The number of nitrogens with zero attached hydrogens (tertiary/aromatic N) is 3. The number of carbonyl (C=O) groups excluding carboxylic acids is 1. The predicted molar refractivity (Wildman–Crippen MR) is 88.8 cm³/mol. The molecule has 23 heavy (non-hydrogen) atoms. The lowest BCUT2D eigenvalue weighted by atomic mass is 10.2. The molecule has 1 aromatic carbocycles. The van der Waals surface area contributed by atoms with Crippen molar-refractivity contribution in [2.75, 3.05) is 27.2 Å². The molecule has 0 aliphatic carbocycles. The van der Waals surface area contributed by atoms with Crippen molar-refractivity contribution in [3.63, 3.8) is 0 Å². The predicted octanol–water partition coefficient (Wildman–Crippen LogP) is 0.857. The zero-order valence-corrected chi connectivity index (χ0v) is 13.2. The molecule has 0 atom stereocenters. The molecule has 0 radical (unpaired) electrons. The molecule has 3 aromatic rings. The van der Waals surface area contributed by atoms with Crippen LogP contribution in [0.1, 0.15) is 16.9 Å². The average molecular weight is 313 g/mol.